The van der Waals surface area contributed by atoms with Gasteiger partial charge in [0.2, 0.25) is 0 Å². The first-order valence-electron chi connectivity index (χ1n) is 10.2. The topological polar surface area (TPSA) is 45.3 Å². The number of nitrogens with zero attached hydrogens (tertiary/aromatic N) is 1. The first-order valence-corrected chi connectivity index (χ1v) is 10.2. The van der Waals surface area contributed by atoms with E-state index in [1.165, 1.54) is 12.1 Å². The Bertz CT molecular complexity index is 1060. The largest absolute Gasteiger partial charge is 0.487 e. The third kappa shape index (κ3) is 4.06. The molecular weight excluding hydrogens is 367 g/mol. The van der Waals surface area contributed by atoms with Crippen LogP contribution in [0.3, 0.4) is 0 Å². The highest BCUT2D eigenvalue weighted by atomic mass is 19.1. The van der Waals surface area contributed by atoms with Crippen LogP contribution in [0, 0.1) is 5.82 Å². The van der Waals surface area contributed by atoms with E-state index in [2.05, 4.69) is 30.7 Å². The van der Waals surface area contributed by atoms with Crippen molar-refractivity contribution in [2.75, 3.05) is 13.1 Å². The smallest absolute Gasteiger partial charge is 0.256 e. The van der Waals surface area contributed by atoms with Gasteiger partial charge < -0.3 is 9.72 Å². The molecule has 1 saturated heterocycles. The number of aromatic nitrogens is 1. The van der Waals surface area contributed by atoms with Crippen molar-refractivity contribution in [3.8, 4) is 17.0 Å². The van der Waals surface area contributed by atoms with E-state index in [-0.39, 0.29) is 17.2 Å². The van der Waals surface area contributed by atoms with Crippen molar-refractivity contribution in [3.63, 3.8) is 0 Å². The number of aromatic amines is 1. The molecule has 4 rings (SSSR count). The van der Waals surface area contributed by atoms with Crippen LogP contribution in [0.5, 0.6) is 5.75 Å². The zero-order valence-electron chi connectivity index (χ0n) is 17.2. The van der Waals surface area contributed by atoms with E-state index in [4.69, 9.17) is 4.74 Å². The van der Waals surface area contributed by atoms with Crippen molar-refractivity contribution in [2.45, 2.75) is 45.3 Å². The van der Waals surface area contributed by atoms with Crippen molar-refractivity contribution >= 4 is 10.8 Å². The number of nitrogens with one attached hydrogen (secondary N) is 1. The number of rotatable bonds is 3. The maximum Gasteiger partial charge on any atom is 0.256 e. The Labute approximate surface area is 170 Å². The van der Waals surface area contributed by atoms with Gasteiger partial charge in [0.25, 0.3) is 5.56 Å². The summed E-state index contributed by atoms with van der Waals surface area (Å²) < 4.78 is 20.3. The fourth-order valence-corrected chi connectivity index (χ4v) is 4.02. The van der Waals surface area contributed by atoms with Crippen LogP contribution >= 0.6 is 0 Å². The highest BCUT2D eigenvalue weighted by Crippen LogP contribution is 2.36. The predicted octanol–water partition coefficient (Wildman–Crippen LogP) is 4.98. The first kappa shape index (κ1) is 19.6. The van der Waals surface area contributed by atoms with Gasteiger partial charge in [-0.2, -0.15) is 0 Å². The number of hydrogen-bond acceptors (Lipinski definition) is 3. The normalized spacial score (nSPS) is 16.3. The highest BCUT2D eigenvalue weighted by Gasteiger charge is 2.29. The molecule has 1 N–H and O–H groups in total. The first-order chi connectivity index (χ1) is 13.8. The number of halogens is 1. The number of piperidine rings is 1. The summed E-state index contributed by atoms with van der Waals surface area (Å²) in [5.41, 5.74) is 1.35. The Morgan fingerprint density at radius 1 is 1.03 bits per heavy atom. The Hall–Kier alpha value is -2.66. The molecule has 3 aromatic rings. The molecule has 2 aromatic carbocycles. The van der Waals surface area contributed by atoms with E-state index in [1.54, 1.807) is 6.07 Å². The SMILES string of the molecule is CC(C)(C)N1CCC(Oc2c(-c3ccccc3)[nH]c(=O)c3cc(F)ccc23)CC1. The van der Waals surface area contributed by atoms with Crippen molar-refractivity contribution < 1.29 is 9.13 Å². The molecule has 1 aromatic heterocycles. The van der Waals surface area contributed by atoms with Crippen molar-refractivity contribution in [3.05, 3.63) is 64.7 Å². The number of pyridine rings is 1. The van der Waals surface area contributed by atoms with Gasteiger partial charge in [-0.05, 0) is 51.8 Å². The molecule has 0 bridgehead atoms. The van der Waals surface area contributed by atoms with E-state index >= 15 is 0 Å². The lowest BCUT2D eigenvalue weighted by Gasteiger charge is -2.40. The summed E-state index contributed by atoms with van der Waals surface area (Å²) in [7, 11) is 0. The zero-order valence-corrected chi connectivity index (χ0v) is 17.2. The van der Waals surface area contributed by atoms with Crippen LogP contribution in [-0.4, -0.2) is 34.6 Å². The van der Waals surface area contributed by atoms with Gasteiger partial charge in [-0.1, -0.05) is 30.3 Å². The molecule has 0 radical (unpaired) electrons. The van der Waals surface area contributed by atoms with Crippen molar-refractivity contribution in [2.24, 2.45) is 0 Å². The fraction of sp³-hybridized carbons (Fsp3) is 0.375. The van der Waals surface area contributed by atoms with Gasteiger partial charge in [-0.15, -0.1) is 0 Å². The zero-order chi connectivity index (χ0) is 20.6. The van der Waals surface area contributed by atoms with E-state index in [1.807, 2.05) is 30.3 Å². The summed E-state index contributed by atoms with van der Waals surface area (Å²) in [5, 5.41) is 0.957. The average Bonchev–Trinajstić information content (AvgIpc) is 2.70. The number of ether oxygens (including phenoxy) is 1. The van der Waals surface area contributed by atoms with Gasteiger partial charge in [-0.3, -0.25) is 9.69 Å². The van der Waals surface area contributed by atoms with Crippen LogP contribution in [0.25, 0.3) is 22.0 Å². The molecule has 0 amide bonds. The Balaban J connectivity index is 1.74. The molecule has 29 heavy (non-hydrogen) atoms. The highest BCUT2D eigenvalue weighted by molar-refractivity contribution is 5.93. The van der Waals surface area contributed by atoms with Gasteiger partial charge in [-0.25, -0.2) is 4.39 Å². The molecule has 1 aliphatic rings. The van der Waals surface area contributed by atoms with Crippen LogP contribution < -0.4 is 10.3 Å². The van der Waals surface area contributed by atoms with Gasteiger partial charge >= 0.3 is 0 Å². The summed E-state index contributed by atoms with van der Waals surface area (Å²) in [4.78, 5) is 18.0. The molecule has 1 aliphatic heterocycles. The molecule has 2 heterocycles. The summed E-state index contributed by atoms with van der Waals surface area (Å²) in [6.45, 7) is 8.61. The quantitative estimate of drug-likeness (QED) is 0.682. The third-order valence-corrected chi connectivity index (χ3v) is 5.67. The second kappa shape index (κ2) is 7.64. The molecule has 1 fully saturated rings. The number of likely N-dealkylation sites (tertiary alicyclic amines) is 1. The van der Waals surface area contributed by atoms with Gasteiger partial charge in [0.1, 0.15) is 11.9 Å². The molecular formula is C24H27FN2O2. The van der Waals surface area contributed by atoms with Crippen LogP contribution in [0.15, 0.2) is 53.3 Å². The molecule has 0 atom stereocenters. The molecule has 152 valence electrons. The van der Waals surface area contributed by atoms with Crippen LogP contribution in [0.1, 0.15) is 33.6 Å². The number of benzene rings is 2. The number of H-pyrrole nitrogens is 1. The van der Waals surface area contributed by atoms with Crippen LogP contribution in [0.4, 0.5) is 4.39 Å². The fourth-order valence-electron chi connectivity index (χ4n) is 4.02. The van der Waals surface area contributed by atoms with E-state index in [9.17, 15) is 9.18 Å². The summed E-state index contributed by atoms with van der Waals surface area (Å²) in [6.07, 6.45) is 1.87. The Kier molecular flexibility index (Phi) is 5.17. The second-order valence-electron chi connectivity index (χ2n) is 8.69. The summed E-state index contributed by atoms with van der Waals surface area (Å²) in [6, 6.07) is 14.0. The monoisotopic (exact) mass is 394 g/mol. The van der Waals surface area contributed by atoms with Gasteiger partial charge in [0.05, 0.1) is 11.1 Å². The lowest BCUT2D eigenvalue weighted by molar-refractivity contribution is 0.0499. The Morgan fingerprint density at radius 2 is 1.72 bits per heavy atom. The molecule has 0 saturated carbocycles. The minimum Gasteiger partial charge on any atom is -0.487 e. The lowest BCUT2D eigenvalue weighted by atomic mass is 9.99. The van der Waals surface area contributed by atoms with Crippen LogP contribution in [-0.2, 0) is 0 Å². The van der Waals surface area contributed by atoms with Crippen molar-refractivity contribution in [1.82, 2.24) is 9.88 Å². The molecule has 0 aliphatic carbocycles. The van der Waals surface area contributed by atoms with E-state index < -0.39 is 5.82 Å². The second-order valence-corrected chi connectivity index (χ2v) is 8.69. The minimum atomic E-state index is -0.431. The third-order valence-electron chi connectivity index (χ3n) is 5.67. The maximum absolute atomic E-state index is 13.8. The van der Waals surface area contributed by atoms with E-state index in [0.717, 1.165) is 31.5 Å². The van der Waals surface area contributed by atoms with Crippen molar-refractivity contribution in [1.29, 1.82) is 0 Å². The van der Waals surface area contributed by atoms with E-state index in [0.29, 0.717) is 22.2 Å². The van der Waals surface area contributed by atoms with Crippen LogP contribution in [0.2, 0.25) is 0 Å². The minimum absolute atomic E-state index is 0.0511. The molecule has 5 heteroatoms. The summed E-state index contributed by atoms with van der Waals surface area (Å²) in [5.74, 6) is 0.194. The van der Waals surface area contributed by atoms with Gasteiger partial charge in [0.15, 0.2) is 5.75 Å². The Morgan fingerprint density at radius 3 is 2.38 bits per heavy atom. The maximum atomic E-state index is 13.8. The number of fused-ring (bicyclic) bond motifs is 1. The lowest BCUT2D eigenvalue weighted by Crippen LogP contribution is -2.48. The molecule has 0 unspecified atom stereocenters. The number of hydrogen-bond donors (Lipinski definition) is 1. The average molecular weight is 394 g/mol. The standard InChI is InChI=1S/C24H27FN2O2/c1-24(2,3)27-13-11-18(12-14-27)29-22-19-10-9-17(25)15-20(19)23(28)26-21(22)16-7-5-4-6-8-16/h4-10,15,18H,11-14H2,1-3H3,(H,26,28). The summed E-state index contributed by atoms with van der Waals surface area (Å²) >= 11 is 0. The molecule has 4 nitrogen and oxygen atoms in total. The predicted molar refractivity (Wildman–Crippen MR) is 115 cm³/mol. The van der Waals surface area contributed by atoms with Gasteiger partial charge in [0, 0.05) is 29.6 Å². The molecule has 0 spiro atoms.